The van der Waals surface area contributed by atoms with Crippen molar-refractivity contribution in [2.75, 3.05) is 30.5 Å². The van der Waals surface area contributed by atoms with Crippen molar-refractivity contribution in [3.05, 3.63) is 16.0 Å². The summed E-state index contributed by atoms with van der Waals surface area (Å²) in [7, 11) is 1.62. The molecule has 0 aromatic carbocycles. The maximum Gasteiger partial charge on any atom is 0.339 e. The second-order valence-corrected chi connectivity index (χ2v) is 7.02. The maximum absolute atomic E-state index is 11.9. The van der Waals surface area contributed by atoms with Crippen LogP contribution in [0.4, 0.5) is 5.00 Å². The summed E-state index contributed by atoms with van der Waals surface area (Å²) in [4.78, 5) is 24.5. The molecule has 1 aliphatic carbocycles. The number of anilines is 1. The van der Waals surface area contributed by atoms with Gasteiger partial charge < -0.3 is 15.2 Å². The van der Waals surface area contributed by atoms with Gasteiger partial charge in [0.15, 0.2) is 0 Å². The van der Waals surface area contributed by atoms with Crippen LogP contribution < -0.4 is 5.32 Å². The molecule has 0 unspecified atom stereocenters. The largest absolute Gasteiger partial charge is 0.478 e. The van der Waals surface area contributed by atoms with Crippen molar-refractivity contribution in [3.8, 4) is 0 Å². The Balaban J connectivity index is 2.04. The summed E-state index contributed by atoms with van der Waals surface area (Å²) in [5.41, 5.74) is 1.21. The molecule has 0 fully saturated rings. The molecule has 0 aliphatic heterocycles. The monoisotopic (exact) mass is 329 g/mol. The zero-order valence-electron chi connectivity index (χ0n) is 11.9. The summed E-state index contributed by atoms with van der Waals surface area (Å²) in [5, 5.41) is 12.7. The lowest BCUT2D eigenvalue weighted by atomic mass is 9.95. The van der Waals surface area contributed by atoms with Gasteiger partial charge in [0.25, 0.3) is 0 Å². The number of amides is 1. The van der Waals surface area contributed by atoms with Crippen LogP contribution in [0.15, 0.2) is 0 Å². The first kappa shape index (κ1) is 16.3. The minimum atomic E-state index is -0.947. The fourth-order valence-electron chi connectivity index (χ4n) is 2.35. The molecule has 1 amide bonds. The summed E-state index contributed by atoms with van der Waals surface area (Å²) >= 11 is 2.89. The van der Waals surface area contributed by atoms with E-state index in [1.165, 1.54) is 23.1 Å². The zero-order chi connectivity index (χ0) is 15.2. The highest BCUT2D eigenvalue weighted by molar-refractivity contribution is 7.99. The number of carbonyl (C=O) groups is 2. The second-order valence-electron chi connectivity index (χ2n) is 4.81. The molecule has 2 N–H and O–H groups in total. The number of nitrogens with one attached hydrogen (secondary N) is 1. The molecule has 0 atom stereocenters. The highest BCUT2D eigenvalue weighted by Crippen LogP contribution is 2.38. The summed E-state index contributed by atoms with van der Waals surface area (Å²) in [6, 6.07) is 0. The van der Waals surface area contributed by atoms with Crippen molar-refractivity contribution >= 4 is 40.0 Å². The number of thioether (sulfide) groups is 1. The van der Waals surface area contributed by atoms with Crippen molar-refractivity contribution in [1.29, 1.82) is 0 Å². The average Bonchev–Trinajstić information content (AvgIpc) is 2.81. The third-order valence-electron chi connectivity index (χ3n) is 3.30. The summed E-state index contributed by atoms with van der Waals surface area (Å²) in [6.07, 6.45) is 3.82. The third kappa shape index (κ3) is 4.21. The van der Waals surface area contributed by atoms with Crippen LogP contribution in [0, 0.1) is 0 Å². The van der Waals surface area contributed by atoms with E-state index in [4.69, 9.17) is 4.74 Å². The van der Waals surface area contributed by atoms with E-state index < -0.39 is 5.97 Å². The van der Waals surface area contributed by atoms with E-state index >= 15 is 0 Å². The number of rotatable bonds is 7. The molecule has 1 heterocycles. The molecule has 21 heavy (non-hydrogen) atoms. The second kappa shape index (κ2) is 7.82. The van der Waals surface area contributed by atoms with Crippen LogP contribution in [0.25, 0.3) is 0 Å². The van der Waals surface area contributed by atoms with E-state index in [0.717, 1.165) is 41.9 Å². The van der Waals surface area contributed by atoms with Crippen LogP contribution in [0.1, 0.15) is 33.6 Å². The van der Waals surface area contributed by atoms with Crippen molar-refractivity contribution in [2.24, 2.45) is 0 Å². The molecule has 1 aromatic heterocycles. The van der Waals surface area contributed by atoms with Crippen LogP contribution in [-0.2, 0) is 22.4 Å². The van der Waals surface area contributed by atoms with Crippen molar-refractivity contribution < 1.29 is 19.4 Å². The van der Waals surface area contributed by atoms with Crippen LogP contribution >= 0.6 is 23.1 Å². The SMILES string of the molecule is COCCSCC(=O)Nc1sc2c(c1C(=O)O)CCCC2. The van der Waals surface area contributed by atoms with Crippen LogP contribution in [0.2, 0.25) is 0 Å². The van der Waals surface area contributed by atoms with Gasteiger partial charge >= 0.3 is 5.97 Å². The van der Waals surface area contributed by atoms with E-state index in [-0.39, 0.29) is 5.91 Å². The normalized spacial score (nSPS) is 13.8. The van der Waals surface area contributed by atoms with Crippen LogP contribution in [-0.4, -0.2) is 42.2 Å². The summed E-state index contributed by atoms with van der Waals surface area (Å²) in [5.74, 6) is -0.0457. The number of fused-ring (bicyclic) bond motifs is 1. The minimum absolute atomic E-state index is 0.155. The van der Waals surface area contributed by atoms with Gasteiger partial charge in [-0.2, -0.15) is 0 Å². The summed E-state index contributed by atoms with van der Waals surface area (Å²) in [6.45, 7) is 0.603. The number of aryl methyl sites for hydroxylation is 1. The quantitative estimate of drug-likeness (QED) is 0.752. The molecule has 1 aliphatic rings. The highest BCUT2D eigenvalue weighted by Gasteiger charge is 2.25. The molecular weight excluding hydrogens is 310 g/mol. The molecule has 0 radical (unpaired) electrons. The Kier molecular flexibility index (Phi) is 6.08. The Morgan fingerprint density at radius 3 is 2.86 bits per heavy atom. The average molecular weight is 329 g/mol. The van der Waals surface area contributed by atoms with Gasteiger partial charge in [-0.15, -0.1) is 23.1 Å². The van der Waals surface area contributed by atoms with Crippen molar-refractivity contribution in [2.45, 2.75) is 25.7 Å². The molecule has 1 aromatic rings. The number of hydrogen-bond donors (Lipinski definition) is 2. The Morgan fingerprint density at radius 1 is 1.38 bits per heavy atom. The molecule has 7 heteroatoms. The first-order chi connectivity index (χ1) is 10.1. The molecular formula is C14H19NO4S2. The number of methoxy groups -OCH3 is 1. The number of aromatic carboxylic acids is 1. The Morgan fingerprint density at radius 2 is 2.14 bits per heavy atom. The Bertz CT molecular complexity index is 527. The fraction of sp³-hybridized carbons (Fsp3) is 0.571. The van der Waals surface area contributed by atoms with E-state index in [2.05, 4.69) is 5.32 Å². The van der Waals surface area contributed by atoms with Gasteiger partial charge in [0.2, 0.25) is 5.91 Å². The Hall–Kier alpha value is -1.05. The maximum atomic E-state index is 11.9. The molecule has 116 valence electrons. The first-order valence-corrected chi connectivity index (χ1v) is 8.85. The van der Waals surface area contributed by atoms with E-state index in [0.29, 0.717) is 22.9 Å². The van der Waals surface area contributed by atoms with Crippen molar-refractivity contribution in [3.63, 3.8) is 0 Å². The lowest BCUT2D eigenvalue weighted by Crippen LogP contribution is -2.16. The molecule has 5 nitrogen and oxygen atoms in total. The number of hydrogen-bond acceptors (Lipinski definition) is 5. The molecule has 0 saturated heterocycles. The lowest BCUT2D eigenvalue weighted by Gasteiger charge is -2.10. The predicted molar refractivity (Wildman–Crippen MR) is 85.8 cm³/mol. The van der Waals surface area contributed by atoms with Gasteiger partial charge in [-0.3, -0.25) is 4.79 Å². The van der Waals surface area contributed by atoms with Gasteiger partial charge in [-0.25, -0.2) is 4.79 Å². The molecule has 0 bridgehead atoms. The standard InChI is InChI=1S/C14H19NO4S2/c1-19-6-7-20-8-11(16)15-13-12(14(17)18)9-4-2-3-5-10(9)21-13/h2-8H2,1H3,(H,15,16)(H,17,18). The van der Waals surface area contributed by atoms with Crippen molar-refractivity contribution in [1.82, 2.24) is 0 Å². The Labute approximate surface area is 132 Å². The van der Waals surface area contributed by atoms with Gasteiger partial charge in [-0.05, 0) is 31.2 Å². The summed E-state index contributed by atoms with van der Waals surface area (Å²) < 4.78 is 4.92. The first-order valence-electron chi connectivity index (χ1n) is 6.88. The topological polar surface area (TPSA) is 75.6 Å². The van der Waals surface area contributed by atoms with E-state index in [1.807, 2.05) is 0 Å². The smallest absolute Gasteiger partial charge is 0.339 e. The number of thiophene rings is 1. The predicted octanol–water partition coefficient (Wildman–Crippen LogP) is 2.64. The van der Waals surface area contributed by atoms with Gasteiger partial charge in [0.1, 0.15) is 5.00 Å². The van der Waals surface area contributed by atoms with E-state index in [1.54, 1.807) is 7.11 Å². The number of carboxylic acid groups (broad SMARTS) is 1. The molecule has 0 spiro atoms. The van der Waals surface area contributed by atoms with E-state index in [9.17, 15) is 14.7 Å². The van der Waals surface area contributed by atoms with Crippen LogP contribution in [0.5, 0.6) is 0 Å². The van der Waals surface area contributed by atoms with Crippen LogP contribution in [0.3, 0.4) is 0 Å². The number of carboxylic acids is 1. The minimum Gasteiger partial charge on any atom is -0.478 e. The van der Waals surface area contributed by atoms with Gasteiger partial charge in [0, 0.05) is 17.7 Å². The van der Waals surface area contributed by atoms with Gasteiger partial charge in [-0.1, -0.05) is 0 Å². The van der Waals surface area contributed by atoms with Gasteiger partial charge in [0.05, 0.1) is 17.9 Å². The third-order valence-corrected chi connectivity index (χ3v) is 5.43. The number of carbonyl (C=O) groups excluding carboxylic acids is 1. The zero-order valence-corrected chi connectivity index (χ0v) is 13.6. The highest BCUT2D eigenvalue weighted by atomic mass is 32.2. The fourth-order valence-corrected chi connectivity index (χ4v) is 4.33. The number of ether oxygens (including phenoxy) is 1. The molecule has 2 rings (SSSR count). The lowest BCUT2D eigenvalue weighted by molar-refractivity contribution is -0.113. The molecule has 0 saturated carbocycles.